The van der Waals surface area contributed by atoms with Crippen molar-refractivity contribution >= 4 is 34.3 Å². The Hall–Kier alpha value is -1.47. The highest BCUT2D eigenvalue weighted by molar-refractivity contribution is 9.10. The maximum Gasteiger partial charge on any atom is 0.234 e. The van der Waals surface area contributed by atoms with E-state index in [4.69, 9.17) is 0 Å². The number of thiol groups is 1. The van der Waals surface area contributed by atoms with Crippen LogP contribution in [0.2, 0.25) is 0 Å². The maximum absolute atomic E-state index is 4.63. The van der Waals surface area contributed by atoms with Gasteiger partial charge >= 0.3 is 0 Å². The van der Waals surface area contributed by atoms with Gasteiger partial charge in [0.05, 0.1) is 5.69 Å². The minimum Gasteiger partial charge on any atom is -0.278 e. The molecule has 1 atom stereocenters. The molecular weight excluding hydrogens is 338 g/mol. The lowest BCUT2D eigenvalue weighted by Crippen LogP contribution is -2.04. The van der Waals surface area contributed by atoms with Crippen molar-refractivity contribution < 1.29 is 0 Å². The molecule has 0 aliphatic carbocycles. The number of hydrogen-bond acceptors (Lipinski definition) is 5. The fourth-order valence-corrected chi connectivity index (χ4v) is 3.11. The van der Waals surface area contributed by atoms with Gasteiger partial charge in [-0.15, -0.1) is 0 Å². The summed E-state index contributed by atoms with van der Waals surface area (Å²) < 4.78 is 2.68. The lowest BCUT2D eigenvalue weighted by atomic mass is 10.2. The van der Waals surface area contributed by atoms with Crippen LogP contribution in [0.25, 0.3) is 5.78 Å². The van der Waals surface area contributed by atoms with Crippen LogP contribution in [0.15, 0.2) is 29.1 Å². The zero-order valence-corrected chi connectivity index (χ0v) is 13.4. The van der Waals surface area contributed by atoms with Crippen molar-refractivity contribution in [1.82, 2.24) is 24.3 Å². The highest BCUT2D eigenvalue weighted by Crippen LogP contribution is 2.31. The van der Waals surface area contributed by atoms with Crippen LogP contribution in [0.1, 0.15) is 28.2 Å². The average Bonchev–Trinajstić information content (AvgIpc) is 2.75. The number of imidazole rings is 1. The van der Waals surface area contributed by atoms with Crippen LogP contribution < -0.4 is 0 Å². The molecule has 0 bridgehead atoms. The molecule has 0 amide bonds. The monoisotopic (exact) mass is 349 g/mol. The van der Waals surface area contributed by atoms with Gasteiger partial charge in [0, 0.05) is 23.8 Å². The van der Waals surface area contributed by atoms with Gasteiger partial charge in [0.1, 0.15) is 15.7 Å². The number of hydrogen-bond donors (Lipinski definition) is 1. The molecule has 0 aliphatic heterocycles. The smallest absolute Gasteiger partial charge is 0.234 e. The van der Waals surface area contributed by atoms with Crippen LogP contribution >= 0.6 is 28.6 Å². The Morgan fingerprint density at radius 2 is 1.90 bits per heavy atom. The highest BCUT2D eigenvalue weighted by atomic mass is 79.9. The van der Waals surface area contributed by atoms with Gasteiger partial charge < -0.3 is 0 Å². The Bertz CT molecular complexity index is 765. The second-order valence-electron chi connectivity index (χ2n) is 4.49. The summed E-state index contributed by atoms with van der Waals surface area (Å²) in [4.78, 5) is 17.6. The van der Waals surface area contributed by atoms with Crippen molar-refractivity contribution in [2.24, 2.45) is 0 Å². The predicted octanol–water partition coefficient (Wildman–Crippen LogP) is 2.92. The van der Waals surface area contributed by atoms with Crippen molar-refractivity contribution in [1.29, 1.82) is 0 Å². The molecule has 0 saturated heterocycles. The van der Waals surface area contributed by atoms with E-state index in [0.717, 1.165) is 21.7 Å². The van der Waals surface area contributed by atoms with E-state index in [2.05, 4.69) is 48.5 Å². The standard InChI is InChI=1S/C13H12BrN5S/c1-7-6-8(2)17-12(16-7)10(20)9-11(14)19-5-3-4-15-13(19)18-9/h3-6,10,20H,1-2H3. The number of aryl methyl sites for hydroxylation is 2. The first-order chi connectivity index (χ1) is 9.56. The zero-order valence-electron chi connectivity index (χ0n) is 10.9. The van der Waals surface area contributed by atoms with Crippen molar-refractivity contribution in [3.63, 3.8) is 0 Å². The van der Waals surface area contributed by atoms with Gasteiger partial charge in [0.2, 0.25) is 5.78 Å². The Kier molecular flexibility index (Phi) is 3.47. The van der Waals surface area contributed by atoms with E-state index in [1.54, 1.807) is 6.20 Å². The van der Waals surface area contributed by atoms with Gasteiger partial charge in [-0.1, -0.05) is 0 Å². The van der Waals surface area contributed by atoms with Crippen molar-refractivity contribution in [3.8, 4) is 0 Å². The van der Waals surface area contributed by atoms with Gasteiger partial charge in [0.15, 0.2) is 0 Å². The molecule has 0 aliphatic rings. The Balaban J connectivity index is 2.12. The SMILES string of the molecule is Cc1cc(C)nc(C(S)c2nc3ncccn3c2Br)n1. The Morgan fingerprint density at radius 1 is 1.20 bits per heavy atom. The highest BCUT2D eigenvalue weighted by Gasteiger charge is 2.21. The first-order valence-electron chi connectivity index (χ1n) is 6.05. The van der Waals surface area contributed by atoms with Gasteiger partial charge in [-0.3, -0.25) is 4.40 Å². The number of aromatic nitrogens is 5. The van der Waals surface area contributed by atoms with Crippen molar-refractivity contribution in [2.75, 3.05) is 0 Å². The Morgan fingerprint density at radius 3 is 2.55 bits per heavy atom. The molecule has 7 heteroatoms. The summed E-state index contributed by atoms with van der Waals surface area (Å²) in [6, 6.07) is 3.79. The molecule has 5 nitrogen and oxygen atoms in total. The molecular formula is C13H12BrN5S. The van der Waals surface area contributed by atoms with Crippen LogP contribution in [0, 0.1) is 13.8 Å². The molecule has 0 N–H and O–H groups in total. The largest absolute Gasteiger partial charge is 0.278 e. The molecule has 0 spiro atoms. The fraction of sp³-hybridized carbons (Fsp3) is 0.231. The average molecular weight is 350 g/mol. The lowest BCUT2D eigenvalue weighted by molar-refractivity contribution is 0.889. The summed E-state index contributed by atoms with van der Waals surface area (Å²) in [6.45, 7) is 3.89. The van der Waals surface area contributed by atoms with Crippen molar-refractivity contribution in [2.45, 2.75) is 19.1 Å². The molecule has 3 aromatic heterocycles. The van der Waals surface area contributed by atoms with E-state index in [-0.39, 0.29) is 5.25 Å². The van der Waals surface area contributed by atoms with E-state index in [9.17, 15) is 0 Å². The first kappa shape index (κ1) is 13.5. The summed E-state index contributed by atoms with van der Waals surface area (Å²) in [6.07, 6.45) is 3.60. The second-order valence-corrected chi connectivity index (χ2v) is 5.76. The molecule has 3 aromatic rings. The molecule has 3 heterocycles. The molecule has 102 valence electrons. The van der Waals surface area contributed by atoms with E-state index in [1.807, 2.05) is 36.6 Å². The van der Waals surface area contributed by atoms with Gasteiger partial charge in [-0.2, -0.15) is 12.6 Å². The molecule has 0 aromatic carbocycles. The van der Waals surface area contributed by atoms with Crippen LogP contribution in [0.4, 0.5) is 0 Å². The van der Waals surface area contributed by atoms with Crippen molar-refractivity contribution in [3.05, 3.63) is 52.0 Å². The van der Waals surface area contributed by atoms with Crippen LogP contribution in [0.5, 0.6) is 0 Å². The normalized spacial score (nSPS) is 12.8. The summed E-state index contributed by atoms with van der Waals surface area (Å²) in [5.74, 6) is 1.27. The third-order valence-corrected chi connectivity index (χ3v) is 4.14. The summed E-state index contributed by atoms with van der Waals surface area (Å²) in [5.41, 5.74) is 2.60. The number of nitrogens with zero attached hydrogens (tertiary/aromatic N) is 5. The molecule has 0 radical (unpaired) electrons. The zero-order chi connectivity index (χ0) is 14.3. The lowest BCUT2D eigenvalue weighted by Gasteiger charge is -2.09. The van der Waals surface area contributed by atoms with E-state index >= 15 is 0 Å². The third-order valence-electron chi connectivity index (χ3n) is 2.87. The summed E-state index contributed by atoms with van der Waals surface area (Å²) in [7, 11) is 0. The number of fused-ring (bicyclic) bond motifs is 1. The Labute approximate surface area is 130 Å². The van der Waals surface area contributed by atoms with Gasteiger partial charge in [-0.05, 0) is 41.9 Å². The summed E-state index contributed by atoms with van der Waals surface area (Å²) >= 11 is 8.17. The summed E-state index contributed by atoms with van der Waals surface area (Å²) in [5, 5.41) is -0.301. The first-order valence-corrected chi connectivity index (χ1v) is 7.36. The molecule has 1 unspecified atom stereocenters. The van der Waals surface area contributed by atoms with Crippen LogP contribution in [0.3, 0.4) is 0 Å². The van der Waals surface area contributed by atoms with Gasteiger partial charge in [-0.25, -0.2) is 19.9 Å². The maximum atomic E-state index is 4.63. The minimum absolute atomic E-state index is 0.301. The molecule has 20 heavy (non-hydrogen) atoms. The van der Waals surface area contributed by atoms with Gasteiger partial charge in [0.25, 0.3) is 0 Å². The van der Waals surface area contributed by atoms with E-state index < -0.39 is 0 Å². The molecule has 0 fully saturated rings. The quantitative estimate of drug-likeness (QED) is 0.722. The van der Waals surface area contributed by atoms with E-state index in [0.29, 0.717) is 11.6 Å². The fourth-order valence-electron chi connectivity index (χ4n) is 2.05. The number of rotatable bonds is 2. The molecule has 3 rings (SSSR count). The van der Waals surface area contributed by atoms with Crippen LogP contribution in [-0.4, -0.2) is 24.3 Å². The van der Waals surface area contributed by atoms with Crippen LogP contribution in [-0.2, 0) is 0 Å². The minimum atomic E-state index is -0.301. The topological polar surface area (TPSA) is 56.0 Å². The predicted molar refractivity (Wildman–Crippen MR) is 83.0 cm³/mol. The van der Waals surface area contributed by atoms with E-state index in [1.165, 1.54) is 0 Å². The third kappa shape index (κ3) is 2.31. The molecule has 0 saturated carbocycles. The second kappa shape index (κ2) is 5.14. The number of halogens is 1.